The van der Waals surface area contributed by atoms with Crippen LogP contribution in [0.15, 0.2) is 24.4 Å². The molecule has 0 saturated carbocycles. The zero-order valence-electron chi connectivity index (χ0n) is 7.74. The van der Waals surface area contributed by atoms with Crippen molar-refractivity contribution in [1.82, 2.24) is 4.98 Å². The number of methoxy groups -OCH3 is 1. The van der Waals surface area contributed by atoms with Crippen molar-refractivity contribution < 1.29 is 9.53 Å². The number of rotatable bonds is 3. The fourth-order valence-electron chi connectivity index (χ4n) is 0.940. The van der Waals surface area contributed by atoms with Gasteiger partial charge in [0, 0.05) is 17.6 Å². The van der Waals surface area contributed by atoms with E-state index in [2.05, 4.69) is 25.7 Å². The lowest BCUT2D eigenvalue weighted by Gasteiger charge is -1.99. The first kappa shape index (κ1) is 10.9. The highest BCUT2D eigenvalue weighted by Crippen LogP contribution is 2.10. The number of esters is 1. The smallest absolute Gasteiger partial charge is 0.330 e. The third kappa shape index (κ3) is 2.96. The summed E-state index contributed by atoms with van der Waals surface area (Å²) in [6.07, 6.45) is 4.78. The molecule has 0 atom stereocenters. The quantitative estimate of drug-likeness (QED) is 0.472. The minimum atomic E-state index is -0.366. The number of hydrogen-bond donors (Lipinski definition) is 0. The number of halogens is 1. The number of hydrogen-bond acceptors (Lipinski definition) is 3. The molecule has 1 heterocycles. The van der Waals surface area contributed by atoms with Crippen molar-refractivity contribution >= 4 is 28.0 Å². The van der Waals surface area contributed by atoms with E-state index in [1.165, 1.54) is 13.2 Å². The highest BCUT2D eigenvalue weighted by atomic mass is 79.9. The first-order valence-corrected chi connectivity index (χ1v) is 5.16. The molecule has 0 unspecified atom stereocenters. The number of nitrogens with zero attached hydrogens (tertiary/aromatic N) is 1. The van der Waals surface area contributed by atoms with Crippen molar-refractivity contribution in [2.45, 2.75) is 5.33 Å². The molecule has 14 heavy (non-hydrogen) atoms. The summed E-state index contributed by atoms with van der Waals surface area (Å²) in [7, 11) is 1.35. The van der Waals surface area contributed by atoms with Crippen LogP contribution in [0.5, 0.6) is 0 Å². The Hall–Kier alpha value is -1.16. The molecular formula is C10H10BrNO2. The van der Waals surface area contributed by atoms with Crippen LogP contribution >= 0.6 is 15.9 Å². The second-order valence-corrected chi connectivity index (χ2v) is 3.09. The number of ether oxygens (including phenoxy) is 1. The Morgan fingerprint density at radius 1 is 1.71 bits per heavy atom. The molecule has 1 aromatic rings. The van der Waals surface area contributed by atoms with Crippen molar-refractivity contribution in [3.05, 3.63) is 35.7 Å². The van der Waals surface area contributed by atoms with Crippen LogP contribution in [0.3, 0.4) is 0 Å². The van der Waals surface area contributed by atoms with E-state index < -0.39 is 0 Å². The van der Waals surface area contributed by atoms with Crippen LogP contribution in [-0.2, 0) is 14.9 Å². The molecule has 0 aliphatic carbocycles. The second kappa shape index (κ2) is 5.54. The second-order valence-electron chi connectivity index (χ2n) is 2.53. The third-order valence-corrected chi connectivity index (χ3v) is 2.18. The van der Waals surface area contributed by atoms with Gasteiger partial charge in [-0.25, -0.2) is 4.79 Å². The van der Waals surface area contributed by atoms with Crippen LogP contribution < -0.4 is 0 Å². The van der Waals surface area contributed by atoms with E-state index >= 15 is 0 Å². The maximum atomic E-state index is 10.8. The Labute approximate surface area is 90.9 Å². The molecule has 0 aliphatic rings. The van der Waals surface area contributed by atoms with Crippen LogP contribution in [0.4, 0.5) is 0 Å². The average molecular weight is 256 g/mol. The lowest BCUT2D eigenvalue weighted by molar-refractivity contribution is -0.134. The number of carbonyl (C=O) groups is 1. The fraction of sp³-hybridized carbons (Fsp3) is 0.200. The van der Waals surface area contributed by atoms with E-state index in [1.807, 2.05) is 12.1 Å². The molecule has 0 aliphatic heterocycles. The lowest BCUT2D eigenvalue weighted by Crippen LogP contribution is -1.94. The van der Waals surface area contributed by atoms with Gasteiger partial charge < -0.3 is 4.74 Å². The van der Waals surface area contributed by atoms with Gasteiger partial charge >= 0.3 is 5.97 Å². The Balaban J connectivity index is 2.85. The van der Waals surface area contributed by atoms with Gasteiger partial charge in [0.05, 0.1) is 12.8 Å². The fourth-order valence-corrected chi connectivity index (χ4v) is 1.41. The normalized spacial score (nSPS) is 10.4. The molecule has 4 heteroatoms. The van der Waals surface area contributed by atoms with Crippen LogP contribution in [0.25, 0.3) is 6.08 Å². The number of carbonyl (C=O) groups excluding carboxylic acids is 1. The molecule has 3 nitrogen and oxygen atoms in total. The van der Waals surface area contributed by atoms with E-state index in [4.69, 9.17) is 0 Å². The van der Waals surface area contributed by atoms with Gasteiger partial charge in [0.25, 0.3) is 0 Å². The summed E-state index contributed by atoms with van der Waals surface area (Å²) in [5.41, 5.74) is 1.81. The standard InChI is InChI=1S/C10H10BrNO2/c1-14-10(13)5-4-8-3-2-6-12-9(8)7-11/h2-6H,7H2,1H3. The summed E-state index contributed by atoms with van der Waals surface area (Å²) in [5, 5.41) is 0.661. The van der Waals surface area contributed by atoms with Gasteiger partial charge in [-0.3, -0.25) is 4.98 Å². The van der Waals surface area contributed by atoms with E-state index in [1.54, 1.807) is 12.3 Å². The van der Waals surface area contributed by atoms with Crippen LogP contribution in [-0.4, -0.2) is 18.1 Å². The Bertz CT molecular complexity index is 350. The molecule has 0 spiro atoms. The predicted molar refractivity (Wildman–Crippen MR) is 57.9 cm³/mol. The van der Waals surface area contributed by atoms with Crippen LogP contribution in [0, 0.1) is 0 Å². The molecule has 0 aromatic carbocycles. The van der Waals surface area contributed by atoms with Gasteiger partial charge in [-0.2, -0.15) is 0 Å². The monoisotopic (exact) mass is 255 g/mol. The number of pyridine rings is 1. The zero-order chi connectivity index (χ0) is 10.4. The Morgan fingerprint density at radius 3 is 3.14 bits per heavy atom. The van der Waals surface area contributed by atoms with Gasteiger partial charge in [0.2, 0.25) is 0 Å². The number of alkyl halides is 1. The summed E-state index contributed by atoms with van der Waals surface area (Å²) in [5.74, 6) is -0.366. The first-order chi connectivity index (χ1) is 6.77. The van der Waals surface area contributed by atoms with Crippen LogP contribution in [0.2, 0.25) is 0 Å². The van der Waals surface area contributed by atoms with E-state index in [0.29, 0.717) is 5.33 Å². The summed E-state index contributed by atoms with van der Waals surface area (Å²) in [6.45, 7) is 0. The maximum Gasteiger partial charge on any atom is 0.330 e. The van der Waals surface area contributed by atoms with Crippen molar-refractivity contribution in [3.63, 3.8) is 0 Å². The number of aromatic nitrogens is 1. The molecule has 0 bridgehead atoms. The zero-order valence-corrected chi connectivity index (χ0v) is 9.32. The molecule has 1 aromatic heterocycles. The van der Waals surface area contributed by atoms with Gasteiger partial charge in [-0.1, -0.05) is 22.0 Å². The highest BCUT2D eigenvalue weighted by Gasteiger charge is 1.98. The minimum Gasteiger partial charge on any atom is -0.466 e. The molecule has 74 valence electrons. The molecule has 0 saturated heterocycles. The molecule has 0 N–H and O–H groups in total. The molecule has 0 radical (unpaired) electrons. The van der Waals surface area contributed by atoms with E-state index in [9.17, 15) is 4.79 Å². The van der Waals surface area contributed by atoms with Gasteiger partial charge in [0.1, 0.15) is 0 Å². The van der Waals surface area contributed by atoms with Gasteiger partial charge in [-0.15, -0.1) is 0 Å². The topological polar surface area (TPSA) is 39.2 Å². The predicted octanol–water partition coefficient (Wildman–Crippen LogP) is 2.16. The van der Waals surface area contributed by atoms with Crippen molar-refractivity contribution in [3.8, 4) is 0 Å². The molecule has 1 rings (SSSR count). The summed E-state index contributed by atoms with van der Waals surface area (Å²) in [4.78, 5) is 15.0. The maximum absolute atomic E-state index is 10.8. The van der Waals surface area contributed by atoms with E-state index in [-0.39, 0.29) is 5.97 Å². The van der Waals surface area contributed by atoms with Crippen LogP contribution in [0.1, 0.15) is 11.3 Å². The van der Waals surface area contributed by atoms with Crippen molar-refractivity contribution in [2.75, 3.05) is 7.11 Å². The summed E-state index contributed by atoms with van der Waals surface area (Å²) < 4.78 is 4.49. The molecular weight excluding hydrogens is 246 g/mol. The Morgan fingerprint density at radius 2 is 2.50 bits per heavy atom. The lowest BCUT2D eigenvalue weighted by atomic mass is 10.2. The minimum absolute atomic E-state index is 0.366. The Kier molecular flexibility index (Phi) is 4.32. The van der Waals surface area contributed by atoms with E-state index in [0.717, 1.165) is 11.3 Å². The molecule has 0 fully saturated rings. The largest absolute Gasteiger partial charge is 0.466 e. The third-order valence-electron chi connectivity index (χ3n) is 1.65. The summed E-state index contributed by atoms with van der Waals surface area (Å²) in [6, 6.07) is 3.71. The SMILES string of the molecule is COC(=O)C=Cc1cccnc1CBr. The van der Waals surface area contributed by atoms with Crippen molar-refractivity contribution in [2.24, 2.45) is 0 Å². The first-order valence-electron chi connectivity index (χ1n) is 4.04. The van der Waals surface area contributed by atoms with Crippen molar-refractivity contribution in [1.29, 1.82) is 0 Å². The summed E-state index contributed by atoms with van der Waals surface area (Å²) >= 11 is 3.32. The highest BCUT2D eigenvalue weighted by molar-refractivity contribution is 9.08. The van der Waals surface area contributed by atoms with Gasteiger partial charge in [-0.05, 0) is 17.7 Å². The van der Waals surface area contributed by atoms with Gasteiger partial charge in [0.15, 0.2) is 0 Å². The average Bonchev–Trinajstić information content (AvgIpc) is 2.26. The molecule has 0 amide bonds.